The van der Waals surface area contributed by atoms with Gasteiger partial charge in [-0.1, -0.05) is 45.0 Å². The fourth-order valence-corrected chi connectivity index (χ4v) is 3.53. The second-order valence-corrected chi connectivity index (χ2v) is 9.84. The molecule has 0 aliphatic carbocycles. The molecule has 2 N–H and O–H groups in total. The molecule has 1 aromatic carbocycles. The van der Waals surface area contributed by atoms with Crippen LogP contribution in [0, 0.1) is 17.2 Å². The van der Waals surface area contributed by atoms with Gasteiger partial charge in [0.15, 0.2) is 0 Å². The van der Waals surface area contributed by atoms with Crippen molar-refractivity contribution in [2.75, 3.05) is 19.7 Å². The van der Waals surface area contributed by atoms with E-state index in [1.54, 1.807) is 53.7 Å². The molecular weight excluding hydrogens is 476 g/mol. The highest BCUT2D eigenvalue weighted by molar-refractivity contribution is 5.92. The van der Waals surface area contributed by atoms with Crippen LogP contribution in [0.3, 0.4) is 0 Å². The maximum absolute atomic E-state index is 13.7. The molecule has 3 amide bonds. The summed E-state index contributed by atoms with van der Waals surface area (Å²) in [4.78, 5) is 52.4. The summed E-state index contributed by atoms with van der Waals surface area (Å²) >= 11 is 0. The Morgan fingerprint density at radius 2 is 1.70 bits per heavy atom. The summed E-state index contributed by atoms with van der Waals surface area (Å²) in [5.74, 6) is -1.99. The number of alkyl carbamates (subject to hydrolysis) is 1. The Kier molecular flexibility index (Phi) is 12.6. The number of esters is 1. The molecule has 0 aliphatic heterocycles. The lowest BCUT2D eigenvalue weighted by molar-refractivity contribution is -0.144. The lowest BCUT2D eigenvalue weighted by Crippen LogP contribution is -2.55. The molecule has 1 aromatic rings. The topological polar surface area (TPSA) is 138 Å². The van der Waals surface area contributed by atoms with Gasteiger partial charge in [0, 0.05) is 6.54 Å². The Balaban J connectivity index is 3.34. The summed E-state index contributed by atoms with van der Waals surface area (Å²) in [5.41, 5.74) is 0.757. The van der Waals surface area contributed by atoms with Gasteiger partial charge in [0.25, 0.3) is 0 Å². The molecule has 0 heterocycles. The molecule has 10 nitrogen and oxygen atoms in total. The number of carbonyl (C=O) groups excluding carboxylic acids is 4. The zero-order chi connectivity index (χ0) is 28.2. The number of amides is 3. The summed E-state index contributed by atoms with van der Waals surface area (Å²) in [5, 5.41) is 14.8. The van der Waals surface area contributed by atoms with Crippen LogP contribution in [0.5, 0.6) is 0 Å². The van der Waals surface area contributed by atoms with E-state index in [2.05, 4.69) is 10.6 Å². The number of nitrogens with one attached hydrogen (secondary N) is 2. The molecule has 0 saturated carbocycles. The Bertz CT molecular complexity index is 963. The maximum atomic E-state index is 13.7. The number of hydrogen-bond donors (Lipinski definition) is 2. The molecular formula is C27H40N4O6. The molecule has 0 saturated heterocycles. The number of benzene rings is 1. The van der Waals surface area contributed by atoms with Crippen molar-refractivity contribution in [2.24, 2.45) is 5.92 Å². The Morgan fingerprint density at radius 3 is 2.19 bits per heavy atom. The number of hydrogen-bond acceptors (Lipinski definition) is 7. The van der Waals surface area contributed by atoms with Gasteiger partial charge in [0.2, 0.25) is 11.8 Å². The standard InChI is InChI=1S/C27H40N4O6/c1-8-19-10-12-20(13-11-19)23(24(33)29-16-14-21(32)36-9-2)31(17-15-28)25(34)22(18(3)4)30-26(35)37-27(5,6)7/h10-13,18,22-23H,8-9,14,16-17H2,1-7H3,(H,29,33)(H,30,35). The van der Waals surface area contributed by atoms with Gasteiger partial charge in [0.1, 0.15) is 24.2 Å². The first kappa shape index (κ1) is 31.4. The van der Waals surface area contributed by atoms with Crippen molar-refractivity contribution < 1.29 is 28.7 Å². The van der Waals surface area contributed by atoms with Crippen LogP contribution in [-0.4, -0.2) is 60.1 Å². The lowest BCUT2D eigenvalue weighted by Gasteiger charge is -2.34. The Labute approximate surface area is 219 Å². The molecule has 2 unspecified atom stereocenters. The number of nitriles is 1. The van der Waals surface area contributed by atoms with Crippen LogP contribution in [0.2, 0.25) is 0 Å². The quantitative estimate of drug-likeness (QED) is 0.321. The molecule has 37 heavy (non-hydrogen) atoms. The summed E-state index contributed by atoms with van der Waals surface area (Å²) in [7, 11) is 0. The Hall–Kier alpha value is -3.61. The monoisotopic (exact) mass is 516 g/mol. The van der Waals surface area contributed by atoms with Crippen LogP contribution in [-0.2, 0) is 30.3 Å². The third kappa shape index (κ3) is 10.5. The second kappa shape index (κ2) is 14.8. The highest BCUT2D eigenvalue weighted by atomic mass is 16.6. The van der Waals surface area contributed by atoms with Gasteiger partial charge in [-0.3, -0.25) is 14.4 Å². The predicted octanol–water partition coefficient (Wildman–Crippen LogP) is 3.26. The van der Waals surface area contributed by atoms with E-state index < -0.39 is 48.1 Å². The summed E-state index contributed by atoms with van der Waals surface area (Å²) in [6.07, 6.45) is -0.0336. The molecule has 10 heteroatoms. The minimum Gasteiger partial charge on any atom is -0.466 e. The van der Waals surface area contributed by atoms with E-state index in [-0.39, 0.29) is 25.5 Å². The van der Waals surface area contributed by atoms with E-state index in [9.17, 15) is 24.4 Å². The number of ether oxygens (including phenoxy) is 2. The van der Waals surface area contributed by atoms with E-state index in [1.807, 2.05) is 25.1 Å². The van der Waals surface area contributed by atoms with Crippen molar-refractivity contribution in [3.05, 3.63) is 35.4 Å². The van der Waals surface area contributed by atoms with E-state index in [0.29, 0.717) is 5.56 Å². The summed E-state index contributed by atoms with van der Waals surface area (Å²) in [6, 6.07) is 6.91. The maximum Gasteiger partial charge on any atom is 0.408 e. The molecule has 2 atom stereocenters. The van der Waals surface area contributed by atoms with Crippen LogP contribution in [0.15, 0.2) is 24.3 Å². The fraction of sp³-hybridized carbons (Fsp3) is 0.593. The first-order valence-corrected chi connectivity index (χ1v) is 12.5. The molecule has 0 aliphatic rings. The first-order valence-electron chi connectivity index (χ1n) is 12.5. The van der Waals surface area contributed by atoms with Gasteiger partial charge in [-0.05, 0) is 51.2 Å². The highest BCUT2D eigenvalue weighted by Crippen LogP contribution is 2.24. The molecule has 0 fully saturated rings. The van der Waals surface area contributed by atoms with E-state index >= 15 is 0 Å². The van der Waals surface area contributed by atoms with Crippen molar-refractivity contribution in [2.45, 2.75) is 79.0 Å². The average molecular weight is 517 g/mol. The van der Waals surface area contributed by atoms with E-state index in [1.165, 1.54) is 0 Å². The molecule has 0 spiro atoms. The molecule has 204 valence electrons. The second-order valence-electron chi connectivity index (χ2n) is 9.84. The zero-order valence-corrected chi connectivity index (χ0v) is 22.9. The van der Waals surface area contributed by atoms with Gasteiger partial charge in [-0.2, -0.15) is 5.26 Å². The molecule has 0 radical (unpaired) electrons. The average Bonchev–Trinajstić information content (AvgIpc) is 2.81. The van der Waals surface area contributed by atoms with Crippen molar-refractivity contribution in [1.29, 1.82) is 5.26 Å². The van der Waals surface area contributed by atoms with Gasteiger partial charge in [0.05, 0.1) is 19.1 Å². The molecule has 0 aromatic heterocycles. The normalized spacial score (nSPS) is 12.6. The highest BCUT2D eigenvalue weighted by Gasteiger charge is 2.37. The van der Waals surface area contributed by atoms with Crippen molar-refractivity contribution >= 4 is 23.9 Å². The number of aryl methyl sites for hydroxylation is 1. The smallest absolute Gasteiger partial charge is 0.408 e. The van der Waals surface area contributed by atoms with Crippen LogP contribution in [0.4, 0.5) is 4.79 Å². The lowest BCUT2D eigenvalue weighted by atomic mass is 9.98. The zero-order valence-electron chi connectivity index (χ0n) is 22.9. The first-order chi connectivity index (χ1) is 17.3. The number of nitrogens with zero attached hydrogens (tertiary/aromatic N) is 2. The van der Waals surface area contributed by atoms with Crippen molar-refractivity contribution in [3.8, 4) is 6.07 Å². The summed E-state index contributed by atoms with van der Waals surface area (Å²) in [6.45, 7) is 12.1. The van der Waals surface area contributed by atoms with Crippen molar-refractivity contribution in [1.82, 2.24) is 15.5 Å². The van der Waals surface area contributed by atoms with Crippen LogP contribution in [0.25, 0.3) is 0 Å². The van der Waals surface area contributed by atoms with Crippen molar-refractivity contribution in [3.63, 3.8) is 0 Å². The van der Waals surface area contributed by atoms with Gasteiger partial charge >= 0.3 is 12.1 Å². The number of rotatable bonds is 12. The van der Waals surface area contributed by atoms with Gasteiger partial charge in [-0.15, -0.1) is 0 Å². The third-order valence-electron chi connectivity index (χ3n) is 5.33. The van der Waals surface area contributed by atoms with E-state index in [4.69, 9.17) is 9.47 Å². The van der Waals surface area contributed by atoms with Crippen LogP contribution < -0.4 is 10.6 Å². The predicted molar refractivity (Wildman–Crippen MR) is 138 cm³/mol. The SMILES string of the molecule is CCOC(=O)CCNC(=O)C(c1ccc(CC)cc1)N(CC#N)C(=O)C(NC(=O)OC(C)(C)C)C(C)C. The Morgan fingerprint density at radius 1 is 1.08 bits per heavy atom. The van der Waals surface area contributed by atoms with Crippen LogP contribution >= 0.6 is 0 Å². The van der Waals surface area contributed by atoms with E-state index in [0.717, 1.165) is 16.9 Å². The fourth-order valence-electron chi connectivity index (χ4n) is 3.53. The van der Waals surface area contributed by atoms with Gasteiger partial charge in [-0.25, -0.2) is 4.79 Å². The number of carbonyl (C=O) groups is 4. The van der Waals surface area contributed by atoms with Crippen LogP contribution in [0.1, 0.15) is 72.1 Å². The minimum absolute atomic E-state index is 0.000435. The minimum atomic E-state index is -1.16. The summed E-state index contributed by atoms with van der Waals surface area (Å²) < 4.78 is 10.2. The largest absolute Gasteiger partial charge is 0.466 e. The molecule has 1 rings (SSSR count). The van der Waals surface area contributed by atoms with Gasteiger partial charge < -0.3 is 25.0 Å². The third-order valence-corrected chi connectivity index (χ3v) is 5.33. The molecule has 0 bridgehead atoms.